The molecule has 11 heteroatoms. The Bertz CT molecular complexity index is 692. The summed E-state index contributed by atoms with van der Waals surface area (Å²) in [6, 6.07) is 1.79. The number of nitrogens with two attached hydrogens (primary N) is 1. The van der Waals surface area contributed by atoms with Gasteiger partial charge in [0.25, 0.3) is 5.69 Å². The van der Waals surface area contributed by atoms with E-state index >= 15 is 0 Å². The van der Waals surface area contributed by atoms with Gasteiger partial charge in [0, 0.05) is 6.42 Å². The van der Waals surface area contributed by atoms with Gasteiger partial charge in [0.1, 0.15) is 15.7 Å². The number of unbranched alkanes of at least 4 members (excludes halogenated alkanes) is 2. The maximum Gasteiger partial charge on any atom is 0.303 e. The number of rotatable bonds is 7. The molecule has 0 saturated carbocycles. The molecule has 3 N–H and O–H groups in total. The van der Waals surface area contributed by atoms with E-state index in [-0.39, 0.29) is 10.8 Å². The van der Waals surface area contributed by atoms with E-state index in [4.69, 9.17) is 26.6 Å². The van der Waals surface area contributed by atoms with Crippen molar-refractivity contribution in [2.75, 3.05) is 7.11 Å². The number of sulfonamides is 1. The van der Waals surface area contributed by atoms with Gasteiger partial charge in [-0.2, -0.15) is 0 Å². The van der Waals surface area contributed by atoms with Crippen LogP contribution in [0.3, 0.4) is 0 Å². The number of primary sulfonamides is 1. The van der Waals surface area contributed by atoms with Crippen LogP contribution in [0.25, 0.3) is 0 Å². The Kier molecular flexibility index (Phi) is 9.26. The molecule has 0 aliphatic rings. The third kappa shape index (κ3) is 7.57. The maximum absolute atomic E-state index is 11.1. The number of carboxylic acids is 1. The number of nitro groups is 1. The summed E-state index contributed by atoms with van der Waals surface area (Å²) in [6.45, 7) is 2.06. The summed E-state index contributed by atoms with van der Waals surface area (Å²) in [5.41, 5.74) is -0.453. The molecular formula is C13H19ClN2O7S. The van der Waals surface area contributed by atoms with Crippen molar-refractivity contribution in [2.24, 2.45) is 5.14 Å². The van der Waals surface area contributed by atoms with Gasteiger partial charge < -0.3 is 9.84 Å². The molecule has 0 atom stereocenters. The maximum atomic E-state index is 11.1. The monoisotopic (exact) mass is 382 g/mol. The molecule has 0 heterocycles. The Morgan fingerprint density at radius 2 is 2.00 bits per heavy atom. The van der Waals surface area contributed by atoms with Gasteiger partial charge in [-0.3, -0.25) is 14.9 Å². The Hall–Kier alpha value is -1.91. The highest BCUT2D eigenvalue weighted by Gasteiger charge is 2.22. The first-order valence-electron chi connectivity index (χ1n) is 6.81. The van der Waals surface area contributed by atoms with Crippen LogP contribution >= 0.6 is 11.6 Å². The van der Waals surface area contributed by atoms with Crippen LogP contribution < -0.4 is 9.88 Å². The van der Waals surface area contributed by atoms with Gasteiger partial charge in [0.2, 0.25) is 10.0 Å². The number of hydrogen-bond donors (Lipinski definition) is 2. The van der Waals surface area contributed by atoms with Crippen LogP contribution in [0.15, 0.2) is 17.0 Å². The van der Waals surface area contributed by atoms with Crippen LogP contribution in [0.4, 0.5) is 5.69 Å². The first-order valence-corrected chi connectivity index (χ1v) is 8.73. The van der Waals surface area contributed by atoms with Crippen molar-refractivity contribution in [3.05, 3.63) is 27.3 Å². The molecule has 0 unspecified atom stereocenters. The number of ether oxygens (including phenoxy) is 1. The molecule has 9 nitrogen and oxygen atoms in total. The lowest BCUT2D eigenvalue weighted by atomic mass is 10.2. The summed E-state index contributed by atoms with van der Waals surface area (Å²) >= 11 is 5.54. The second-order valence-corrected chi connectivity index (χ2v) is 6.54. The lowest BCUT2D eigenvalue weighted by Crippen LogP contribution is -2.13. The molecule has 0 amide bonds. The molecule has 1 aromatic carbocycles. The van der Waals surface area contributed by atoms with E-state index in [0.717, 1.165) is 31.4 Å². The fourth-order valence-corrected chi connectivity index (χ4v) is 2.57. The summed E-state index contributed by atoms with van der Waals surface area (Å²) in [7, 11) is -2.87. The van der Waals surface area contributed by atoms with Gasteiger partial charge in [-0.1, -0.05) is 31.4 Å². The predicted octanol–water partition coefficient (Wildman–Crippen LogP) is 2.56. The van der Waals surface area contributed by atoms with E-state index in [1.165, 1.54) is 7.11 Å². The van der Waals surface area contributed by atoms with Crippen molar-refractivity contribution in [3.8, 4) is 5.75 Å². The Labute approximate surface area is 144 Å². The van der Waals surface area contributed by atoms with E-state index in [0.29, 0.717) is 6.42 Å². The summed E-state index contributed by atoms with van der Waals surface area (Å²) in [5.74, 6) is -0.906. The number of hydrogen-bond acceptors (Lipinski definition) is 6. The summed E-state index contributed by atoms with van der Waals surface area (Å²) < 4.78 is 26.9. The second kappa shape index (κ2) is 10.1. The number of nitro benzene ring substituents is 1. The molecule has 0 saturated heterocycles. The van der Waals surface area contributed by atoms with E-state index < -0.39 is 31.5 Å². The van der Waals surface area contributed by atoms with Gasteiger partial charge in [-0.15, -0.1) is 0 Å². The minimum Gasteiger partial charge on any atom is -0.495 e. The zero-order chi connectivity index (χ0) is 18.9. The van der Waals surface area contributed by atoms with Gasteiger partial charge >= 0.3 is 5.97 Å². The minimum atomic E-state index is -4.04. The summed E-state index contributed by atoms with van der Waals surface area (Å²) in [5, 5.41) is 23.2. The van der Waals surface area contributed by atoms with Crippen molar-refractivity contribution in [3.63, 3.8) is 0 Å². The van der Waals surface area contributed by atoms with E-state index in [2.05, 4.69) is 6.92 Å². The number of halogens is 1. The number of methoxy groups -OCH3 is 1. The Balaban J connectivity index is 0.000000561. The van der Waals surface area contributed by atoms with Gasteiger partial charge in [0.15, 0.2) is 0 Å². The smallest absolute Gasteiger partial charge is 0.303 e. The first kappa shape index (κ1) is 22.1. The van der Waals surface area contributed by atoms with E-state index in [1.54, 1.807) is 0 Å². The number of benzene rings is 1. The molecule has 24 heavy (non-hydrogen) atoms. The molecule has 1 rings (SSSR count). The number of carboxylic acid groups (broad SMARTS) is 1. The Morgan fingerprint density at radius 3 is 2.38 bits per heavy atom. The zero-order valence-electron chi connectivity index (χ0n) is 13.2. The largest absolute Gasteiger partial charge is 0.495 e. The van der Waals surface area contributed by atoms with Crippen LogP contribution in [0.2, 0.25) is 5.02 Å². The topological polar surface area (TPSA) is 150 Å². The predicted molar refractivity (Wildman–Crippen MR) is 87.8 cm³/mol. The van der Waals surface area contributed by atoms with E-state index in [9.17, 15) is 23.3 Å². The average Bonchev–Trinajstić information content (AvgIpc) is 2.46. The molecule has 0 aliphatic carbocycles. The van der Waals surface area contributed by atoms with Gasteiger partial charge in [-0.05, 0) is 12.5 Å². The van der Waals surface area contributed by atoms with Crippen LogP contribution in [-0.2, 0) is 14.8 Å². The van der Waals surface area contributed by atoms with Crippen molar-refractivity contribution in [2.45, 2.75) is 37.5 Å². The van der Waals surface area contributed by atoms with Crippen molar-refractivity contribution < 1.29 is 28.0 Å². The van der Waals surface area contributed by atoms with Crippen molar-refractivity contribution >= 4 is 33.3 Å². The average molecular weight is 383 g/mol. The van der Waals surface area contributed by atoms with Crippen molar-refractivity contribution in [1.82, 2.24) is 0 Å². The lowest BCUT2D eigenvalue weighted by molar-refractivity contribution is -0.384. The second-order valence-electron chi connectivity index (χ2n) is 4.61. The molecular weight excluding hydrogens is 364 g/mol. The zero-order valence-corrected chi connectivity index (χ0v) is 14.8. The molecule has 0 aromatic heterocycles. The normalized spacial score (nSPS) is 10.5. The quantitative estimate of drug-likeness (QED) is 0.417. The SMILES string of the molecule is CCCCCC(=O)O.COc1cc([N+](=O)[O-])c(Cl)cc1S(N)(=O)=O. The minimum absolute atomic E-state index is 0.224. The highest BCUT2D eigenvalue weighted by Crippen LogP contribution is 2.34. The fourth-order valence-electron chi connectivity index (χ4n) is 1.57. The molecule has 0 fully saturated rings. The fraction of sp³-hybridized carbons (Fsp3) is 0.462. The van der Waals surface area contributed by atoms with Crippen LogP contribution in [0, 0.1) is 10.1 Å². The van der Waals surface area contributed by atoms with Gasteiger partial charge in [-0.25, -0.2) is 13.6 Å². The first-order chi connectivity index (χ1) is 11.0. The summed E-state index contributed by atoms with van der Waals surface area (Å²) in [6.07, 6.45) is 3.28. The number of aliphatic carboxylic acids is 1. The van der Waals surface area contributed by atoms with Gasteiger partial charge in [0.05, 0.1) is 18.1 Å². The third-order valence-electron chi connectivity index (χ3n) is 2.73. The highest BCUT2D eigenvalue weighted by molar-refractivity contribution is 7.89. The highest BCUT2D eigenvalue weighted by atomic mass is 35.5. The molecule has 0 spiro atoms. The van der Waals surface area contributed by atoms with E-state index in [1.807, 2.05) is 0 Å². The van der Waals surface area contributed by atoms with Crippen LogP contribution in [-0.4, -0.2) is 31.5 Å². The standard InChI is InChI=1S/C7H7ClN2O5S.C6H12O2/c1-15-6-3-5(10(11)12)4(8)2-7(6)16(9,13)14;1-2-3-4-5-6(7)8/h2-3H,1H3,(H2,9,13,14);2-5H2,1H3,(H,7,8). The molecule has 1 aromatic rings. The van der Waals surface area contributed by atoms with Crippen molar-refractivity contribution in [1.29, 1.82) is 0 Å². The summed E-state index contributed by atoms with van der Waals surface area (Å²) in [4.78, 5) is 19.3. The molecule has 0 radical (unpaired) electrons. The Morgan fingerprint density at radius 1 is 1.42 bits per heavy atom. The number of carbonyl (C=O) groups is 1. The number of nitrogens with zero attached hydrogens (tertiary/aromatic N) is 1. The molecule has 136 valence electrons. The molecule has 0 bridgehead atoms. The third-order valence-corrected chi connectivity index (χ3v) is 3.97. The molecule has 0 aliphatic heterocycles. The lowest BCUT2D eigenvalue weighted by Gasteiger charge is -2.06. The van der Waals surface area contributed by atoms with Crippen LogP contribution in [0.5, 0.6) is 5.75 Å². The van der Waals surface area contributed by atoms with Crippen LogP contribution in [0.1, 0.15) is 32.6 Å².